The van der Waals surface area contributed by atoms with Crippen molar-refractivity contribution in [2.75, 3.05) is 7.11 Å². The molecule has 0 aliphatic heterocycles. The van der Waals surface area contributed by atoms with Gasteiger partial charge < -0.3 is 4.74 Å². The van der Waals surface area contributed by atoms with Crippen LogP contribution in [0.2, 0.25) is 0 Å². The second-order valence-electron chi connectivity index (χ2n) is 3.02. The molecule has 0 radical (unpaired) electrons. The zero-order valence-electron chi connectivity index (χ0n) is 8.43. The Kier molecular flexibility index (Phi) is 2.55. The highest BCUT2D eigenvalue weighted by atomic mass is 32.1. The Morgan fingerprint density at radius 2 is 2.33 bits per heavy atom. The van der Waals surface area contributed by atoms with Gasteiger partial charge in [-0.1, -0.05) is 0 Å². The minimum atomic E-state index is -0.0950. The highest BCUT2D eigenvalue weighted by Gasteiger charge is 2.17. The largest absolute Gasteiger partial charge is 0.495 e. The molecule has 0 amide bonds. The van der Waals surface area contributed by atoms with Crippen molar-refractivity contribution in [3.8, 4) is 5.75 Å². The lowest BCUT2D eigenvalue weighted by Gasteiger charge is -1.98. The Balaban J connectivity index is 2.36. The van der Waals surface area contributed by atoms with Gasteiger partial charge in [-0.25, -0.2) is 0 Å². The number of hydrogen-bond donors (Lipinski definition) is 0. The van der Waals surface area contributed by atoms with Crippen molar-refractivity contribution in [2.45, 2.75) is 0 Å². The molecule has 0 saturated heterocycles. The van der Waals surface area contributed by atoms with Crippen LogP contribution < -0.4 is 4.74 Å². The molecule has 15 heavy (non-hydrogen) atoms. The zero-order valence-corrected chi connectivity index (χ0v) is 9.25. The highest BCUT2D eigenvalue weighted by molar-refractivity contribution is 7.12. The van der Waals surface area contributed by atoms with Gasteiger partial charge in [0.25, 0.3) is 0 Å². The van der Waals surface area contributed by atoms with Crippen LogP contribution in [-0.4, -0.2) is 22.7 Å². The third kappa shape index (κ3) is 1.78. The lowest BCUT2D eigenvalue weighted by atomic mass is 10.2. The van der Waals surface area contributed by atoms with Crippen LogP contribution in [0.1, 0.15) is 15.4 Å². The van der Waals surface area contributed by atoms with E-state index >= 15 is 0 Å². The number of ether oxygens (including phenoxy) is 1. The summed E-state index contributed by atoms with van der Waals surface area (Å²) in [5, 5.41) is 5.89. The number of rotatable bonds is 3. The zero-order chi connectivity index (χ0) is 10.8. The number of aromatic nitrogens is 2. The SMILES string of the molecule is COc1ccsc1C(=O)c1ccn(C)n1. The smallest absolute Gasteiger partial charge is 0.226 e. The fourth-order valence-electron chi connectivity index (χ4n) is 1.28. The number of aryl methyl sites for hydroxylation is 1. The van der Waals surface area contributed by atoms with Gasteiger partial charge in [0.1, 0.15) is 16.3 Å². The molecule has 0 N–H and O–H groups in total. The molecule has 0 fully saturated rings. The molecule has 2 aromatic heterocycles. The number of ketones is 1. The quantitative estimate of drug-likeness (QED) is 0.743. The molecule has 0 atom stereocenters. The standard InChI is InChI=1S/C10H10N2O2S/c1-12-5-3-7(11-12)9(13)10-8(14-2)4-6-15-10/h3-6H,1-2H3. The summed E-state index contributed by atoms with van der Waals surface area (Å²) in [7, 11) is 3.33. The van der Waals surface area contributed by atoms with Crippen molar-refractivity contribution in [1.29, 1.82) is 0 Å². The number of carbonyl (C=O) groups excluding carboxylic acids is 1. The number of thiophene rings is 1. The molecule has 0 saturated carbocycles. The van der Waals surface area contributed by atoms with Gasteiger partial charge in [0, 0.05) is 13.2 Å². The highest BCUT2D eigenvalue weighted by Crippen LogP contribution is 2.26. The normalized spacial score (nSPS) is 10.3. The first-order valence-corrected chi connectivity index (χ1v) is 5.26. The molecule has 2 aromatic rings. The van der Waals surface area contributed by atoms with Crippen LogP contribution in [0, 0.1) is 0 Å². The van der Waals surface area contributed by atoms with E-state index in [0.29, 0.717) is 16.3 Å². The van der Waals surface area contributed by atoms with E-state index in [1.165, 1.54) is 11.3 Å². The van der Waals surface area contributed by atoms with Gasteiger partial charge >= 0.3 is 0 Å². The molecule has 4 nitrogen and oxygen atoms in total. The Morgan fingerprint density at radius 3 is 2.93 bits per heavy atom. The van der Waals surface area contributed by atoms with Crippen molar-refractivity contribution in [3.05, 3.63) is 34.3 Å². The monoisotopic (exact) mass is 222 g/mol. The van der Waals surface area contributed by atoms with Crippen LogP contribution in [0.4, 0.5) is 0 Å². The van der Waals surface area contributed by atoms with Gasteiger partial charge in [-0.05, 0) is 17.5 Å². The summed E-state index contributed by atoms with van der Waals surface area (Å²) >= 11 is 1.36. The maximum absolute atomic E-state index is 12.0. The fourth-order valence-corrected chi connectivity index (χ4v) is 2.08. The summed E-state index contributed by atoms with van der Waals surface area (Å²) in [5.41, 5.74) is 0.443. The van der Waals surface area contributed by atoms with E-state index in [4.69, 9.17) is 4.74 Å². The Morgan fingerprint density at radius 1 is 1.53 bits per heavy atom. The molecule has 78 valence electrons. The van der Waals surface area contributed by atoms with Crippen LogP contribution >= 0.6 is 11.3 Å². The first kappa shape index (κ1) is 9.92. The van der Waals surface area contributed by atoms with E-state index in [1.807, 2.05) is 5.38 Å². The predicted molar refractivity (Wildman–Crippen MR) is 57.5 cm³/mol. The van der Waals surface area contributed by atoms with E-state index in [-0.39, 0.29) is 5.78 Å². The second-order valence-corrected chi connectivity index (χ2v) is 3.94. The van der Waals surface area contributed by atoms with Crippen molar-refractivity contribution in [2.24, 2.45) is 7.05 Å². The number of nitrogens with zero attached hydrogens (tertiary/aromatic N) is 2. The number of carbonyl (C=O) groups is 1. The van der Waals surface area contributed by atoms with Gasteiger partial charge in [-0.15, -0.1) is 11.3 Å². The minimum Gasteiger partial charge on any atom is -0.495 e. The summed E-state index contributed by atoms with van der Waals surface area (Å²) in [6.07, 6.45) is 1.74. The summed E-state index contributed by atoms with van der Waals surface area (Å²) < 4.78 is 6.69. The minimum absolute atomic E-state index is 0.0950. The van der Waals surface area contributed by atoms with Crippen LogP contribution in [0.25, 0.3) is 0 Å². The van der Waals surface area contributed by atoms with Gasteiger partial charge in [0.15, 0.2) is 0 Å². The molecule has 0 aromatic carbocycles. The van der Waals surface area contributed by atoms with Crippen LogP contribution in [0.15, 0.2) is 23.7 Å². The third-order valence-electron chi connectivity index (χ3n) is 2.00. The lowest BCUT2D eigenvalue weighted by molar-refractivity contribution is 0.103. The molecule has 0 aliphatic rings. The van der Waals surface area contributed by atoms with Crippen molar-refractivity contribution in [3.63, 3.8) is 0 Å². The van der Waals surface area contributed by atoms with Crippen LogP contribution in [0.5, 0.6) is 5.75 Å². The maximum Gasteiger partial charge on any atom is 0.226 e. The predicted octanol–water partition coefficient (Wildman–Crippen LogP) is 1.72. The van der Waals surface area contributed by atoms with Crippen molar-refractivity contribution in [1.82, 2.24) is 9.78 Å². The number of hydrogen-bond acceptors (Lipinski definition) is 4. The molecular weight excluding hydrogens is 212 g/mol. The Hall–Kier alpha value is -1.62. The van der Waals surface area contributed by atoms with Crippen LogP contribution in [-0.2, 0) is 7.05 Å². The average molecular weight is 222 g/mol. The Bertz CT molecular complexity index is 487. The van der Waals surface area contributed by atoms with Crippen molar-refractivity contribution < 1.29 is 9.53 Å². The van der Waals surface area contributed by atoms with E-state index < -0.39 is 0 Å². The first-order chi connectivity index (χ1) is 7.22. The van der Waals surface area contributed by atoms with E-state index in [2.05, 4.69) is 5.10 Å². The first-order valence-electron chi connectivity index (χ1n) is 4.38. The molecule has 0 aliphatic carbocycles. The van der Waals surface area contributed by atoms with E-state index in [1.54, 1.807) is 37.2 Å². The van der Waals surface area contributed by atoms with Gasteiger partial charge in [-0.3, -0.25) is 9.48 Å². The molecule has 2 heterocycles. The molecular formula is C10H10N2O2S. The van der Waals surface area contributed by atoms with Gasteiger partial charge in [-0.2, -0.15) is 5.10 Å². The molecule has 2 rings (SSSR count). The van der Waals surface area contributed by atoms with Crippen LogP contribution in [0.3, 0.4) is 0 Å². The van der Waals surface area contributed by atoms with E-state index in [9.17, 15) is 4.79 Å². The number of methoxy groups -OCH3 is 1. The second kappa shape index (κ2) is 3.86. The molecule has 5 heteroatoms. The summed E-state index contributed by atoms with van der Waals surface area (Å²) in [6.45, 7) is 0. The summed E-state index contributed by atoms with van der Waals surface area (Å²) in [5.74, 6) is 0.512. The topological polar surface area (TPSA) is 44.1 Å². The molecule has 0 spiro atoms. The fraction of sp³-hybridized carbons (Fsp3) is 0.200. The third-order valence-corrected chi connectivity index (χ3v) is 2.90. The van der Waals surface area contributed by atoms with Gasteiger partial charge in [0.05, 0.1) is 7.11 Å². The maximum atomic E-state index is 12.0. The van der Waals surface area contributed by atoms with Gasteiger partial charge in [0.2, 0.25) is 5.78 Å². The molecule has 0 unspecified atom stereocenters. The average Bonchev–Trinajstić information content (AvgIpc) is 2.84. The summed E-state index contributed by atoms with van der Waals surface area (Å²) in [4.78, 5) is 12.5. The Labute approximate surface area is 91.1 Å². The lowest BCUT2D eigenvalue weighted by Crippen LogP contribution is -2.02. The summed E-state index contributed by atoms with van der Waals surface area (Å²) in [6, 6.07) is 3.47. The van der Waals surface area contributed by atoms with E-state index in [0.717, 1.165) is 0 Å². The van der Waals surface area contributed by atoms with Crippen molar-refractivity contribution >= 4 is 17.1 Å². The molecule has 0 bridgehead atoms.